The van der Waals surface area contributed by atoms with Crippen molar-refractivity contribution in [3.05, 3.63) is 12.0 Å². The van der Waals surface area contributed by atoms with Crippen LogP contribution in [0, 0.1) is 0 Å². The number of fused-ring (bicyclic) bond motifs is 1. The molecule has 0 bridgehead atoms. The first-order chi connectivity index (χ1) is 8.56. The molecular formula is C12H14N2O4. The average Bonchev–Trinajstić information content (AvgIpc) is 2.93. The van der Waals surface area contributed by atoms with Gasteiger partial charge in [-0.15, -0.1) is 0 Å². The van der Waals surface area contributed by atoms with Crippen molar-refractivity contribution in [2.24, 2.45) is 0 Å². The maximum absolute atomic E-state index is 12.2. The third kappa shape index (κ3) is 1.23. The lowest BCUT2D eigenvalue weighted by Gasteiger charge is -2.42. The number of nitrogens with one attached hydrogen (secondary N) is 1. The quantitative estimate of drug-likeness (QED) is 0.792. The van der Waals surface area contributed by atoms with E-state index < -0.39 is 11.5 Å². The molecule has 1 aliphatic carbocycles. The van der Waals surface area contributed by atoms with Gasteiger partial charge >= 0.3 is 5.97 Å². The average molecular weight is 250 g/mol. The summed E-state index contributed by atoms with van der Waals surface area (Å²) in [7, 11) is 1.77. The molecule has 1 aliphatic heterocycles. The van der Waals surface area contributed by atoms with Crippen molar-refractivity contribution in [1.29, 1.82) is 0 Å². The molecule has 0 aromatic carbocycles. The lowest BCUT2D eigenvalue weighted by Crippen LogP contribution is -2.56. The molecule has 6 nitrogen and oxygen atoms in total. The highest BCUT2D eigenvalue weighted by Gasteiger charge is 2.50. The van der Waals surface area contributed by atoms with Crippen LogP contribution in [-0.2, 0) is 4.79 Å². The Labute approximate surface area is 104 Å². The lowest BCUT2D eigenvalue weighted by molar-refractivity contribution is -0.121. The number of nitrogens with zero attached hydrogens (tertiary/aromatic N) is 1. The van der Waals surface area contributed by atoms with Crippen molar-refractivity contribution in [1.82, 2.24) is 0 Å². The van der Waals surface area contributed by atoms with Gasteiger partial charge in [0.1, 0.15) is 23.2 Å². The van der Waals surface area contributed by atoms with Gasteiger partial charge < -0.3 is 19.7 Å². The number of anilines is 2. The van der Waals surface area contributed by atoms with E-state index in [9.17, 15) is 9.59 Å². The summed E-state index contributed by atoms with van der Waals surface area (Å²) in [5.41, 5.74) is 0.308. The smallest absolute Gasteiger partial charge is 0.374 e. The third-order valence-electron chi connectivity index (χ3n) is 4.04. The standard InChI is InChI=1S/C12H14N2O4/c1-14-8-7(6-18-9(8)10(15)16)13-11(17)12(14)4-2-3-5-12/h6H,2-5H2,1H3,(H,13,17)(H,15,16). The zero-order valence-corrected chi connectivity index (χ0v) is 10.0. The Morgan fingerprint density at radius 2 is 2.17 bits per heavy atom. The van der Waals surface area contributed by atoms with Crippen LogP contribution in [0.2, 0.25) is 0 Å². The molecule has 2 N–H and O–H groups in total. The number of carboxylic acid groups (broad SMARTS) is 1. The zero-order chi connectivity index (χ0) is 12.9. The Bertz CT molecular complexity index is 528. The molecule has 6 heteroatoms. The third-order valence-corrected chi connectivity index (χ3v) is 4.04. The predicted molar refractivity (Wildman–Crippen MR) is 63.9 cm³/mol. The zero-order valence-electron chi connectivity index (χ0n) is 10.0. The number of carboxylic acids is 1. The summed E-state index contributed by atoms with van der Waals surface area (Å²) in [5.74, 6) is -1.29. The number of aromatic carboxylic acids is 1. The first-order valence-corrected chi connectivity index (χ1v) is 5.96. The molecule has 3 rings (SSSR count). The monoisotopic (exact) mass is 250 g/mol. The van der Waals surface area contributed by atoms with Crippen LogP contribution < -0.4 is 10.2 Å². The summed E-state index contributed by atoms with van der Waals surface area (Å²) < 4.78 is 5.04. The number of hydrogen-bond donors (Lipinski definition) is 2. The largest absolute Gasteiger partial charge is 0.475 e. The molecule has 1 fully saturated rings. The highest BCUT2D eigenvalue weighted by Crippen LogP contribution is 2.46. The lowest BCUT2D eigenvalue weighted by atomic mass is 9.91. The molecule has 1 amide bonds. The number of furan rings is 1. The van der Waals surface area contributed by atoms with E-state index in [2.05, 4.69) is 5.32 Å². The molecule has 1 aromatic heterocycles. The van der Waals surface area contributed by atoms with Crippen LogP contribution in [0.5, 0.6) is 0 Å². The van der Waals surface area contributed by atoms with E-state index in [-0.39, 0.29) is 11.7 Å². The number of rotatable bonds is 1. The second-order valence-corrected chi connectivity index (χ2v) is 4.88. The van der Waals surface area contributed by atoms with Crippen molar-refractivity contribution in [3.63, 3.8) is 0 Å². The van der Waals surface area contributed by atoms with Crippen LogP contribution in [-0.4, -0.2) is 29.6 Å². The van der Waals surface area contributed by atoms with Gasteiger partial charge in [0.15, 0.2) is 0 Å². The normalized spacial score (nSPS) is 20.9. The summed E-state index contributed by atoms with van der Waals surface area (Å²) in [6.45, 7) is 0. The fourth-order valence-corrected chi connectivity index (χ4v) is 3.05. The molecule has 1 aromatic rings. The SMILES string of the molecule is CN1c2c(coc2C(=O)O)NC(=O)C12CCCC2. The minimum atomic E-state index is -1.12. The van der Waals surface area contributed by atoms with E-state index in [0.717, 1.165) is 25.7 Å². The Kier molecular flexibility index (Phi) is 2.17. The molecule has 0 atom stereocenters. The molecule has 0 unspecified atom stereocenters. The molecule has 0 saturated heterocycles. The van der Waals surface area contributed by atoms with Gasteiger partial charge in [-0.25, -0.2) is 4.79 Å². The molecule has 96 valence electrons. The second kappa shape index (κ2) is 3.51. The van der Waals surface area contributed by atoms with Crippen LogP contribution in [0.4, 0.5) is 11.4 Å². The summed E-state index contributed by atoms with van der Waals surface area (Å²) in [4.78, 5) is 25.1. The van der Waals surface area contributed by atoms with Gasteiger partial charge in [0.25, 0.3) is 0 Å². The fraction of sp³-hybridized carbons (Fsp3) is 0.500. The van der Waals surface area contributed by atoms with Crippen molar-refractivity contribution in [2.45, 2.75) is 31.2 Å². The van der Waals surface area contributed by atoms with Crippen LogP contribution in [0.15, 0.2) is 10.7 Å². The first-order valence-electron chi connectivity index (χ1n) is 5.96. The molecule has 18 heavy (non-hydrogen) atoms. The number of hydrogen-bond acceptors (Lipinski definition) is 4. The number of amides is 1. The van der Waals surface area contributed by atoms with E-state index in [0.29, 0.717) is 11.4 Å². The molecule has 1 spiro atoms. The van der Waals surface area contributed by atoms with Gasteiger partial charge in [-0.2, -0.15) is 0 Å². The summed E-state index contributed by atoms with van der Waals surface area (Å²) in [6, 6.07) is 0. The van der Waals surface area contributed by atoms with Crippen molar-refractivity contribution in [3.8, 4) is 0 Å². The van der Waals surface area contributed by atoms with Crippen LogP contribution in [0.25, 0.3) is 0 Å². The van der Waals surface area contributed by atoms with Gasteiger partial charge in [-0.3, -0.25) is 4.79 Å². The van der Waals surface area contributed by atoms with Crippen LogP contribution in [0.3, 0.4) is 0 Å². The van der Waals surface area contributed by atoms with Crippen molar-refractivity contribution in [2.75, 3.05) is 17.3 Å². The predicted octanol–water partition coefficient (Wildman–Crippen LogP) is 1.68. The molecular weight excluding hydrogens is 236 g/mol. The van der Waals surface area contributed by atoms with Gasteiger partial charge in [-0.05, 0) is 12.8 Å². The Hall–Kier alpha value is -1.98. The highest BCUT2D eigenvalue weighted by molar-refractivity contribution is 6.10. The van der Waals surface area contributed by atoms with E-state index in [1.165, 1.54) is 6.26 Å². The highest BCUT2D eigenvalue weighted by atomic mass is 16.4. The molecule has 2 aliphatic rings. The van der Waals surface area contributed by atoms with Crippen molar-refractivity contribution >= 4 is 23.3 Å². The van der Waals surface area contributed by atoms with Crippen molar-refractivity contribution < 1.29 is 19.1 Å². The Morgan fingerprint density at radius 3 is 2.78 bits per heavy atom. The summed E-state index contributed by atoms with van der Waals surface area (Å²) in [6.07, 6.45) is 4.74. The van der Waals surface area contributed by atoms with Gasteiger partial charge in [0.05, 0.1) is 0 Å². The number of likely N-dealkylation sites (N-methyl/N-ethyl adjacent to an activating group) is 1. The van der Waals surface area contributed by atoms with Gasteiger partial charge in [0, 0.05) is 7.05 Å². The van der Waals surface area contributed by atoms with Gasteiger partial charge in [0.2, 0.25) is 11.7 Å². The van der Waals surface area contributed by atoms with E-state index in [4.69, 9.17) is 9.52 Å². The van der Waals surface area contributed by atoms with E-state index in [1.54, 1.807) is 11.9 Å². The summed E-state index contributed by atoms with van der Waals surface area (Å²) in [5, 5.41) is 11.9. The maximum atomic E-state index is 12.2. The Morgan fingerprint density at radius 1 is 1.50 bits per heavy atom. The van der Waals surface area contributed by atoms with E-state index in [1.807, 2.05) is 0 Å². The van der Waals surface area contributed by atoms with Crippen LogP contribution >= 0.6 is 0 Å². The Balaban J connectivity index is 2.13. The number of carbonyl (C=O) groups is 2. The fourth-order valence-electron chi connectivity index (χ4n) is 3.05. The topological polar surface area (TPSA) is 82.8 Å². The second-order valence-electron chi connectivity index (χ2n) is 4.88. The number of carbonyl (C=O) groups excluding carboxylic acids is 1. The maximum Gasteiger partial charge on any atom is 0.374 e. The van der Waals surface area contributed by atoms with Crippen LogP contribution in [0.1, 0.15) is 36.2 Å². The van der Waals surface area contributed by atoms with E-state index >= 15 is 0 Å². The summed E-state index contributed by atoms with van der Waals surface area (Å²) >= 11 is 0. The molecule has 2 heterocycles. The minimum Gasteiger partial charge on any atom is -0.475 e. The molecule has 1 saturated carbocycles. The minimum absolute atomic E-state index is 0.0623. The van der Waals surface area contributed by atoms with Gasteiger partial charge in [-0.1, -0.05) is 12.8 Å². The molecule has 0 radical (unpaired) electrons. The first kappa shape index (κ1) is 11.1.